The van der Waals surface area contributed by atoms with Crippen molar-refractivity contribution in [3.05, 3.63) is 29.6 Å². The van der Waals surface area contributed by atoms with Gasteiger partial charge in [-0.3, -0.25) is 9.78 Å². The fourth-order valence-electron chi connectivity index (χ4n) is 1.94. The molecule has 1 fully saturated rings. The maximum atomic E-state index is 11.9. The number of amides is 1. The van der Waals surface area contributed by atoms with Crippen LogP contribution in [0.2, 0.25) is 0 Å². The highest BCUT2D eigenvalue weighted by Crippen LogP contribution is 2.03. The number of carbonyl (C=O) groups is 2. The van der Waals surface area contributed by atoms with Crippen molar-refractivity contribution in [1.82, 2.24) is 15.2 Å². The molecule has 1 atom stereocenters. The summed E-state index contributed by atoms with van der Waals surface area (Å²) in [7, 11) is 2.00. The second-order valence-electron chi connectivity index (χ2n) is 4.70. The van der Waals surface area contributed by atoms with Crippen molar-refractivity contribution in [1.29, 1.82) is 0 Å². The number of nitrogens with one attached hydrogen (secondary N) is 1. The molecule has 0 radical (unpaired) electrons. The number of hydrogen-bond acceptors (Lipinski definition) is 5. The molecule has 20 heavy (non-hydrogen) atoms. The Hall–Kier alpha value is -1.99. The van der Waals surface area contributed by atoms with Crippen molar-refractivity contribution in [3.63, 3.8) is 0 Å². The summed E-state index contributed by atoms with van der Waals surface area (Å²) in [6, 6.07) is 2.75. The van der Waals surface area contributed by atoms with Crippen LogP contribution in [-0.4, -0.2) is 66.3 Å². The van der Waals surface area contributed by atoms with Gasteiger partial charge in [0.05, 0.1) is 18.3 Å². The summed E-state index contributed by atoms with van der Waals surface area (Å²) in [5.74, 6) is -1.40. The van der Waals surface area contributed by atoms with Crippen molar-refractivity contribution >= 4 is 11.9 Å². The standard InChI is InChI=1S/C13H17N3O4/c1-16-4-5-20-10(8-16)7-15-12(17)11-3-2-9(6-14-11)13(18)19/h2-3,6,10H,4-5,7-8H2,1H3,(H,15,17)(H,18,19). The number of pyridine rings is 1. The second-order valence-corrected chi connectivity index (χ2v) is 4.70. The van der Waals surface area contributed by atoms with Crippen molar-refractivity contribution in [2.24, 2.45) is 0 Å². The van der Waals surface area contributed by atoms with Crippen LogP contribution in [0.4, 0.5) is 0 Å². The fraction of sp³-hybridized carbons (Fsp3) is 0.462. The minimum Gasteiger partial charge on any atom is -0.478 e. The zero-order chi connectivity index (χ0) is 14.5. The van der Waals surface area contributed by atoms with Gasteiger partial charge < -0.3 is 20.1 Å². The van der Waals surface area contributed by atoms with E-state index in [1.54, 1.807) is 0 Å². The molecule has 0 spiro atoms. The quantitative estimate of drug-likeness (QED) is 0.795. The van der Waals surface area contributed by atoms with Crippen LogP contribution >= 0.6 is 0 Å². The van der Waals surface area contributed by atoms with E-state index >= 15 is 0 Å². The molecule has 0 bridgehead atoms. The van der Waals surface area contributed by atoms with Crippen LogP contribution < -0.4 is 5.32 Å². The summed E-state index contributed by atoms with van der Waals surface area (Å²) in [5, 5.41) is 11.5. The Bertz CT molecular complexity index is 489. The Kier molecular flexibility index (Phi) is 4.65. The molecule has 7 heteroatoms. The summed E-state index contributed by atoms with van der Waals surface area (Å²) >= 11 is 0. The van der Waals surface area contributed by atoms with E-state index < -0.39 is 5.97 Å². The first kappa shape index (κ1) is 14.4. The van der Waals surface area contributed by atoms with Crippen LogP contribution in [0.1, 0.15) is 20.8 Å². The van der Waals surface area contributed by atoms with Crippen LogP contribution in [0.15, 0.2) is 18.3 Å². The minimum absolute atomic E-state index is 0.0315. The maximum Gasteiger partial charge on any atom is 0.337 e. The van der Waals surface area contributed by atoms with Gasteiger partial charge >= 0.3 is 5.97 Å². The number of aromatic carboxylic acids is 1. The number of carboxylic acid groups (broad SMARTS) is 1. The maximum absolute atomic E-state index is 11.9. The Morgan fingerprint density at radius 3 is 2.95 bits per heavy atom. The third-order valence-corrected chi connectivity index (χ3v) is 3.08. The summed E-state index contributed by atoms with van der Waals surface area (Å²) in [6.07, 6.45) is 1.14. The predicted molar refractivity (Wildman–Crippen MR) is 70.8 cm³/mol. The Labute approximate surface area is 116 Å². The Balaban J connectivity index is 1.86. The van der Waals surface area contributed by atoms with Gasteiger partial charge in [-0.2, -0.15) is 0 Å². The molecule has 2 N–H and O–H groups in total. The minimum atomic E-state index is -1.07. The van der Waals surface area contributed by atoms with Gasteiger partial charge in [0.1, 0.15) is 5.69 Å². The summed E-state index contributed by atoms with van der Waals surface area (Å²) in [4.78, 5) is 28.5. The van der Waals surface area contributed by atoms with E-state index in [2.05, 4.69) is 15.2 Å². The molecule has 1 amide bonds. The van der Waals surface area contributed by atoms with Crippen molar-refractivity contribution < 1.29 is 19.4 Å². The lowest BCUT2D eigenvalue weighted by Crippen LogP contribution is -2.46. The van der Waals surface area contributed by atoms with E-state index in [-0.39, 0.29) is 23.3 Å². The number of morpholine rings is 1. The summed E-state index contributed by atoms with van der Waals surface area (Å²) in [5.41, 5.74) is 0.248. The molecule has 108 valence electrons. The summed E-state index contributed by atoms with van der Waals surface area (Å²) < 4.78 is 5.53. The predicted octanol–water partition coefficient (Wildman–Crippen LogP) is -0.160. The highest BCUT2D eigenvalue weighted by atomic mass is 16.5. The number of ether oxygens (including phenoxy) is 1. The number of nitrogens with zero attached hydrogens (tertiary/aromatic N) is 2. The topological polar surface area (TPSA) is 91.8 Å². The average molecular weight is 279 g/mol. The number of carbonyl (C=O) groups excluding carboxylic acids is 1. The molecule has 0 aromatic carbocycles. The third kappa shape index (κ3) is 3.75. The van der Waals surface area contributed by atoms with Crippen molar-refractivity contribution in [2.45, 2.75) is 6.10 Å². The second kappa shape index (κ2) is 6.44. The molecule has 1 saturated heterocycles. The molecule has 1 aliphatic rings. The molecule has 1 aromatic rings. The van der Waals surface area contributed by atoms with Crippen LogP contribution in [-0.2, 0) is 4.74 Å². The largest absolute Gasteiger partial charge is 0.478 e. The van der Waals surface area contributed by atoms with Gasteiger partial charge in [-0.25, -0.2) is 4.79 Å². The molecule has 1 unspecified atom stereocenters. The van der Waals surface area contributed by atoms with Crippen LogP contribution in [0.25, 0.3) is 0 Å². The molecule has 2 heterocycles. The van der Waals surface area contributed by atoms with Crippen molar-refractivity contribution in [3.8, 4) is 0 Å². The van der Waals surface area contributed by atoms with E-state index in [1.807, 2.05) is 7.05 Å². The average Bonchev–Trinajstić information content (AvgIpc) is 2.45. The molecule has 1 aromatic heterocycles. The van der Waals surface area contributed by atoms with Crippen LogP contribution in [0, 0.1) is 0 Å². The molecule has 0 saturated carbocycles. The van der Waals surface area contributed by atoms with Gasteiger partial charge in [0, 0.05) is 25.8 Å². The third-order valence-electron chi connectivity index (χ3n) is 3.08. The molecular weight excluding hydrogens is 262 g/mol. The van der Waals surface area contributed by atoms with Gasteiger partial charge in [-0.1, -0.05) is 0 Å². The first-order valence-corrected chi connectivity index (χ1v) is 6.34. The molecule has 2 rings (SSSR count). The van der Waals surface area contributed by atoms with Crippen molar-refractivity contribution in [2.75, 3.05) is 33.3 Å². The lowest BCUT2D eigenvalue weighted by Gasteiger charge is -2.30. The van der Waals surface area contributed by atoms with E-state index in [0.717, 1.165) is 13.1 Å². The van der Waals surface area contributed by atoms with E-state index in [0.29, 0.717) is 13.2 Å². The molecule has 0 aliphatic carbocycles. The van der Waals surface area contributed by atoms with E-state index in [1.165, 1.54) is 18.3 Å². The van der Waals surface area contributed by atoms with E-state index in [9.17, 15) is 9.59 Å². The van der Waals surface area contributed by atoms with Crippen LogP contribution in [0.3, 0.4) is 0 Å². The first-order valence-electron chi connectivity index (χ1n) is 6.34. The Morgan fingerprint density at radius 1 is 1.55 bits per heavy atom. The van der Waals surface area contributed by atoms with Gasteiger partial charge in [0.15, 0.2) is 0 Å². The monoisotopic (exact) mass is 279 g/mol. The van der Waals surface area contributed by atoms with Gasteiger partial charge in [0.2, 0.25) is 0 Å². The molecular formula is C13H17N3O4. The van der Waals surface area contributed by atoms with Gasteiger partial charge in [-0.15, -0.1) is 0 Å². The zero-order valence-electron chi connectivity index (χ0n) is 11.2. The number of carboxylic acids is 1. The first-order chi connectivity index (χ1) is 9.56. The lowest BCUT2D eigenvalue weighted by atomic mass is 10.2. The number of hydrogen-bond donors (Lipinski definition) is 2. The number of likely N-dealkylation sites (N-methyl/N-ethyl adjacent to an activating group) is 1. The SMILES string of the molecule is CN1CCOC(CNC(=O)c2ccc(C(=O)O)cn2)C1. The Morgan fingerprint density at radius 2 is 2.35 bits per heavy atom. The van der Waals surface area contributed by atoms with Gasteiger partial charge in [-0.05, 0) is 19.2 Å². The lowest BCUT2D eigenvalue weighted by molar-refractivity contribution is -0.0175. The smallest absolute Gasteiger partial charge is 0.337 e. The highest BCUT2D eigenvalue weighted by molar-refractivity contribution is 5.93. The fourth-order valence-corrected chi connectivity index (χ4v) is 1.94. The molecule has 1 aliphatic heterocycles. The van der Waals surface area contributed by atoms with E-state index in [4.69, 9.17) is 9.84 Å². The van der Waals surface area contributed by atoms with Gasteiger partial charge in [0.25, 0.3) is 5.91 Å². The summed E-state index contributed by atoms with van der Waals surface area (Å²) in [6.45, 7) is 2.72. The highest BCUT2D eigenvalue weighted by Gasteiger charge is 2.18. The number of rotatable bonds is 4. The number of aromatic nitrogens is 1. The van der Waals surface area contributed by atoms with Crippen LogP contribution in [0.5, 0.6) is 0 Å². The zero-order valence-corrected chi connectivity index (χ0v) is 11.2. The normalized spacial score (nSPS) is 19.6. The molecule has 7 nitrogen and oxygen atoms in total.